The number of nitrogens with one attached hydrogen (secondary N) is 1. The number of hydrogen-bond acceptors (Lipinski definition) is 4. The standard InChI is InChI=1S/C26H38N4O4S/c1-7-21(4)27-26(32)24(8-2)29(18-22-15-13-12-14-20(22)3)25(31)19-30(35(33,34)28(5)6)23-16-10-9-11-17-23/h9-17,21,24H,7-8,18-19H2,1-6H3,(H,27,32)/t21-,24+/m0/s1. The molecule has 0 aromatic heterocycles. The normalized spacial score (nSPS) is 13.2. The maximum absolute atomic E-state index is 13.8. The molecule has 0 aliphatic carbocycles. The van der Waals surface area contributed by atoms with Gasteiger partial charge in [0.1, 0.15) is 12.6 Å². The molecule has 35 heavy (non-hydrogen) atoms. The molecule has 8 nitrogen and oxygen atoms in total. The minimum atomic E-state index is -3.96. The maximum atomic E-state index is 13.8. The van der Waals surface area contributed by atoms with Crippen LogP contribution in [0.5, 0.6) is 0 Å². The molecule has 2 aromatic carbocycles. The number of rotatable bonds is 12. The first-order valence-corrected chi connectivity index (χ1v) is 13.3. The minimum Gasteiger partial charge on any atom is -0.352 e. The van der Waals surface area contributed by atoms with Gasteiger partial charge >= 0.3 is 10.2 Å². The summed E-state index contributed by atoms with van der Waals surface area (Å²) in [7, 11) is -1.11. The van der Waals surface area contributed by atoms with Crippen molar-refractivity contribution < 1.29 is 18.0 Å². The Labute approximate surface area is 210 Å². The van der Waals surface area contributed by atoms with E-state index in [1.165, 1.54) is 19.0 Å². The highest BCUT2D eigenvalue weighted by Gasteiger charge is 2.34. The first-order valence-electron chi connectivity index (χ1n) is 11.9. The molecule has 1 N–H and O–H groups in total. The Balaban J connectivity index is 2.49. The highest BCUT2D eigenvalue weighted by molar-refractivity contribution is 7.90. The highest BCUT2D eigenvalue weighted by atomic mass is 32.2. The predicted molar refractivity (Wildman–Crippen MR) is 140 cm³/mol. The van der Waals surface area contributed by atoms with Crippen LogP contribution in [0.4, 0.5) is 5.69 Å². The van der Waals surface area contributed by atoms with Gasteiger partial charge in [0.05, 0.1) is 5.69 Å². The van der Waals surface area contributed by atoms with Gasteiger partial charge in [-0.05, 0) is 49.9 Å². The van der Waals surface area contributed by atoms with Crippen LogP contribution in [0.15, 0.2) is 54.6 Å². The van der Waals surface area contributed by atoms with E-state index in [1.807, 2.05) is 52.0 Å². The maximum Gasteiger partial charge on any atom is 0.304 e. The number of para-hydroxylation sites is 1. The molecule has 0 fully saturated rings. The molecule has 2 rings (SSSR count). The zero-order valence-corrected chi connectivity index (χ0v) is 22.4. The summed E-state index contributed by atoms with van der Waals surface area (Å²) < 4.78 is 28.5. The smallest absolute Gasteiger partial charge is 0.304 e. The van der Waals surface area contributed by atoms with Crippen LogP contribution in [0.2, 0.25) is 0 Å². The third-order valence-corrected chi connectivity index (χ3v) is 7.87. The summed E-state index contributed by atoms with van der Waals surface area (Å²) in [5.74, 6) is -0.695. The monoisotopic (exact) mass is 502 g/mol. The first-order chi connectivity index (χ1) is 16.5. The number of benzene rings is 2. The molecule has 0 radical (unpaired) electrons. The highest BCUT2D eigenvalue weighted by Crippen LogP contribution is 2.21. The van der Waals surface area contributed by atoms with Crippen LogP contribution in [0, 0.1) is 6.92 Å². The molecule has 2 amide bonds. The fraction of sp³-hybridized carbons (Fsp3) is 0.462. The second-order valence-electron chi connectivity index (χ2n) is 8.82. The number of carbonyl (C=O) groups is 2. The van der Waals surface area contributed by atoms with E-state index in [1.54, 1.807) is 30.3 Å². The Morgan fingerprint density at radius 2 is 1.54 bits per heavy atom. The van der Waals surface area contributed by atoms with Crippen molar-refractivity contribution in [1.29, 1.82) is 0 Å². The largest absolute Gasteiger partial charge is 0.352 e. The van der Waals surface area contributed by atoms with Crippen molar-refractivity contribution in [3.8, 4) is 0 Å². The molecule has 192 valence electrons. The molecule has 0 aliphatic heterocycles. The Kier molecular flexibility index (Phi) is 10.3. The molecule has 2 aromatic rings. The van der Waals surface area contributed by atoms with E-state index in [0.717, 1.165) is 26.2 Å². The lowest BCUT2D eigenvalue weighted by Crippen LogP contribution is -2.54. The van der Waals surface area contributed by atoms with E-state index in [-0.39, 0.29) is 18.5 Å². The fourth-order valence-electron chi connectivity index (χ4n) is 3.64. The average Bonchev–Trinajstić information content (AvgIpc) is 2.83. The quantitative estimate of drug-likeness (QED) is 0.482. The van der Waals surface area contributed by atoms with Crippen molar-refractivity contribution in [2.24, 2.45) is 0 Å². The third kappa shape index (κ3) is 7.29. The van der Waals surface area contributed by atoms with E-state index in [4.69, 9.17) is 0 Å². The Morgan fingerprint density at radius 1 is 0.943 bits per heavy atom. The van der Waals surface area contributed by atoms with Crippen LogP contribution >= 0.6 is 0 Å². The van der Waals surface area contributed by atoms with E-state index in [2.05, 4.69) is 5.32 Å². The topological polar surface area (TPSA) is 90.0 Å². The third-order valence-electron chi connectivity index (χ3n) is 6.05. The molecule has 0 bridgehead atoms. The van der Waals surface area contributed by atoms with Crippen LogP contribution in [-0.2, 0) is 26.3 Å². The van der Waals surface area contributed by atoms with Crippen molar-refractivity contribution in [2.75, 3.05) is 24.9 Å². The van der Waals surface area contributed by atoms with Gasteiger partial charge in [-0.15, -0.1) is 0 Å². The molecule has 0 saturated heterocycles. The van der Waals surface area contributed by atoms with Gasteiger partial charge in [-0.25, -0.2) is 4.31 Å². The second kappa shape index (κ2) is 12.7. The number of amides is 2. The molecular weight excluding hydrogens is 464 g/mol. The molecule has 0 saturated carbocycles. The summed E-state index contributed by atoms with van der Waals surface area (Å²) in [6.45, 7) is 7.46. The Morgan fingerprint density at radius 3 is 2.09 bits per heavy atom. The van der Waals surface area contributed by atoms with Crippen LogP contribution in [0.3, 0.4) is 0 Å². The summed E-state index contributed by atoms with van der Waals surface area (Å²) >= 11 is 0. The average molecular weight is 503 g/mol. The van der Waals surface area contributed by atoms with Crippen molar-refractivity contribution >= 4 is 27.7 Å². The number of hydrogen-bond donors (Lipinski definition) is 1. The van der Waals surface area contributed by atoms with Crippen molar-refractivity contribution in [3.05, 3.63) is 65.7 Å². The summed E-state index contributed by atoms with van der Waals surface area (Å²) in [4.78, 5) is 28.5. The van der Waals surface area contributed by atoms with Crippen molar-refractivity contribution in [2.45, 2.75) is 59.2 Å². The van der Waals surface area contributed by atoms with Crippen molar-refractivity contribution in [3.63, 3.8) is 0 Å². The van der Waals surface area contributed by atoms with Gasteiger partial charge in [-0.1, -0.05) is 56.3 Å². The molecule has 0 aliphatic rings. The summed E-state index contributed by atoms with van der Waals surface area (Å²) in [5, 5.41) is 2.98. The second-order valence-corrected chi connectivity index (χ2v) is 10.9. The van der Waals surface area contributed by atoms with Gasteiger partial charge in [-0.3, -0.25) is 9.59 Å². The summed E-state index contributed by atoms with van der Waals surface area (Å²) in [6.07, 6.45) is 1.16. The molecule has 9 heteroatoms. The lowest BCUT2D eigenvalue weighted by molar-refractivity contribution is -0.140. The number of anilines is 1. The van der Waals surface area contributed by atoms with Gasteiger partial charge in [-0.2, -0.15) is 12.7 Å². The predicted octanol–water partition coefficient (Wildman–Crippen LogP) is 3.33. The molecule has 0 heterocycles. The van der Waals surface area contributed by atoms with Gasteiger partial charge in [0.2, 0.25) is 11.8 Å². The van der Waals surface area contributed by atoms with E-state index in [0.29, 0.717) is 12.1 Å². The fourth-order valence-corrected chi connectivity index (χ4v) is 4.70. The van der Waals surface area contributed by atoms with E-state index < -0.39 is 28.7 Å². The van der Waals surface area contributed by atoms with Gasteiger partial charge in [0, 0.05) is 26.7 Å². The van der Waals surface area contributed by atoms with Gasteiger partial charge in [0.15, 0.2) is 0 Å². The van der Waals surface area contributed by atoms with Crippen LogP contribution in [0.25, 0.3) is 0 Å². The SMILES string of the molecule is CC[C@H](C(=O)N[C@@H](C)CC)N(Cc1ccccc1C)C(=O)CN(c1ccccc1)S(=O)(=O)N(C)C. The lowest BCUT2D eigenvalue weighted by atomic mass is 10.1. The Hall–Kier alpha value is -2.91. The van der Waals surface area contributed by atoms with Crippen LogP contribution in [0.1, 0.15) is 44.7 Å². The van der Waals surface area contributed by atoms with E-state index >= 15 is 0 Å². The molecular formula is C26H38N4O4S. The zero-order valence-electron chi connectivity index (χ0n) is 21.6. The summed E-state index contributed by atoms with van der Waals surface area (Å²) in [5.41, 5.74) is 2.27. The van der Waals surface area contributed by atoms with Gasteiger partial charge in [0.25, 0.3) is 0 Å². The number of aryl methyl sites for hydroxylation is 1. The zero-order chi connectivity index (χ0) is 26.2. The summed E-state index contributed by atoms with van der Waals surface area (Å²) in [6, 6.07) is 15.4. The molecule has 0 unspecified atom stereocenters. The minimum absolute atomic E-state index is 0.0399. The molecule has 2 atom stereocenters. The lowest BCUT2D eigenvalue weighted by Gasteiger charge is -2.34. The number of nitrogens with zero attached hydrogens (tertiary/aromatic N) is 3. The first kappa shape index (κ1) is 28.3. The number of carbonyl (C=O) groups excluding carboxylic acids is 2. The van der Waals surface area contributed by atoms with Crippen molar-refractivity contribution in [1.82, 2.24) is 14.5 Å². The Bertz CT molecular complexity index is 1090. The van der Waals surface area contributed by atoms with Crippen LogP contribution < -0.4 is 9.62 Å². The van der Waals surface area contributed by atoms with E-state index in [9.17, 15) is 18.0 Å². The van der Waals surface area contributed by atoms with Crippen LogP contribution in [-0.4, -0.2) is 62.2 Å². The molecule has 0 spiro atoms. The van der Waals surface area contributed by atoms with Gasteiger partial charge < -0.3 is 10.2 Å².